The topological polar surface area (TPSA) is 17.1 Å². The average Bonchev–Trinajstić information content (AvgIpc) is 2.17. The zero-order chi connectivity index (χ0) is 8.11. The third kappa shape index (κ3) is 0.800. The summed E-state index contributed by atoms with van der Waals surface area (Å²) in [6, 6.07) is 0. The van der Waals surface area contributed by atoms with Gasteiger partial charge in [-0.3, -0.25) is 4.79 Å². The molecule has 2 rings (SSSR count). The van der Waals surface area contributed by atoms with E-state index in [4.69, 9.17) is 0 Å². The van der Waals surface area contributed by atoms with Gasteiger partial charge in [0.25, 0.3) is 0 Å². The highest BCUT2D eigenvalue weighted by Crippen LogP contribution is 2.54. The first-order valence-electron chi connectivity index (χ1n) is 4.62. The van der Waals surface area contributed by atoms with Crippen LogP contribution in [0.15, 0.2) is 0 Å². The van der Waals surface area contributed by atoms with E-state index in [0.29, 0.717) is 5.78 Å². The van der Waals surface area contributed by atoms with E-state index in [0.717, 1.165) is 25.7 Å². The Balaban J connectivity index is 2.37. The van der Waals surface area contributed by atoms with E-state index in [2.05, 4.69) is 13.8 Å². The molecular weight excluding hydrogens is 136 g/mol. The minimum Gasteiger partial charge on any atom is -0.298 e. The van der Waals surface area contributed by atoms with Crippen LogP contribution in [0.3, 0.4) is 0 Å². The summed E-state index contributed by atoms with van der Waals surface area (Å²) in [6.07, 6.45) is 5.83. The van der Waals surface area contributed by atoms with Gasteiger partial charge in [-0.15, -0.1) is 0 Å². The van der Waals surface area contributed by atoms with Crippen molar-refractivity contribution in [2.75, 3.05) is 0 Å². The fraction of sp³-hybridized carbons (Fsp3) is 0.900. The van der Waals surface area contributed by atoms with Gasteiger partial charge in [0.05, 0.1) is 0 Å². The van der Waals surface area contributed by atoms with Crippen molar-refractivity contribution in [2.24, 2.45) is 10.8 Å². The van der Waals surface area contributed by atoms with Crippen molar-refractivity contribution in [1.29, 1.82) is 0 Å². The molecule has 0 saturated heterocycles. The highest BCUT2D eigenvalue weighted by Gasteiger charge is 2.53. The predicted molar refractivity (Wildman–Crippen MR) is 44.3 cm³/mol. The minimum absolute atomic E-state index is 0.0764. The molecule has 1 heteroatoms. The van der Waals surface area contributed by atoms with Crippen LogP contribution in [0, 0.1) is 10.8 Å². The molecule has 0 aromatic carbocycles. The van der Waals surface area contributed by atoms with E-state index in [-0.39, 0.29) is 10.8 Å². The number of hydrogen-bond acceptors (Lipinski definition) is 1. The summed E-state index contributed by atoms with van der Waals surface area (Å²) in [5.74, 6) is 0.552. The van der Waals surface area contributed by atoms with E-state index in [9.17, 15) is 4.79 Å². The zero-order valence-electron chi connectivity index (χ0n) is 7.44. The number of carbonyl (C=O) groups excluding carboxylic acids is 1. The standard InChI is InChI=1S/C10H16O/c1-9-4-3-5-10(2,7-6-9)8(9)11/h3-7H2,1-2H3/t9-,10+. The van der Waals surface area contributed by atoms with E-state index in [1.54, 1.807) is 0 Å². The molecule has 2 bridgehead atoms. The second-order valence-electron chi connectivity index (χ2n) is 4.80. The van der Waals surface area contributed by atoms with Crippen molar-refractivity contribution >= 4 is 5.78 Å². The molecule has 11 heavy (non-hydrogen) atoms. The fourth-order valence-corrected chi connectivity index (χ4v) is 2.85. The Labute approximate surface area is 68.2 Å². The molecular formula is C10H16O. The number of Topliss-reactive ketones (excluding diaryl/α,β-unsaturated/α-hetero) is 1. The Hall–Kier alpha value is -0.330. The first-order chi connectivity index (χ1) is 5.07. The maximum Gasteiger partial charge on any atom is 0.144 e. The number of hydrogen-bond donors (Lipinski definition) is 0. The lowest BCUT2D eigenvalue weighted by Gasteiger charge is -2.33. The summed E-state index contributed by atoms with van der Waals surface area (Å²) in [5.41, 5.74) is 0.153. The second kappa shape index (κ2) is 1.88. The van der Waals surface area contributed by atoms with Crippen LogP contribution in [0.1, 0.15) is 46.0 Å². The Bertz CT molecular complexity index is 189. The molecule has 2 saturated carbocycles. The Morgan fingerprint density at radius 2 is 1.45 bits per heavy atom. The normalized spacial score (nSPS) is 49.8. The molecule has 0 aliphatic heterocycles. The summed E-state index contributed by atoms with van der Waals surface area (Å²) < 4.78 is 0. The summed E-state index contributed by atoms with van der Waals surface area (Å²) in [6.45, 7) is 4.31. The molecule has 0 unspecified atom stereocenters. The van der Waals surface area contributed by atoms with Gasteiger partial charge in [0, 0.05) is 10.8 Å². The van der Waals surface area contributed by atoms with Crippen molar-refractivity contribution in [3.05, 3.63) is 0 Å². The molecule has 2 aliphatic rings. The fourth-order valence-electron chi connectivity index (χ4n) is 2.85. The van der Waals surface area contributed by atoms with Crippen LogP contribution in [0.4, 0.5) is 0 Å². The first kappa shape index (κ1) is 7.33. The number of fused-ring (bicyclic) bond motifs is 2. The van der Waals surface area contributed by atoms with Crippen LogP contribution in [0.5, 0.6) is 0 Å². The van der Waals surface area contributed by atoms with Gasteiger partial charge in [-0.05, 0) is 25.7 Å². The predicted octanol–water partition coefficient (Wildman–Crippen LogP) is 2.55. The molecule has 0 heterocycles. The number of ketones is 1. The smallest absolute Gasteiger partial charge is 0.144 e. The SMILES string of the molecule is C[C@]12CCC[C@](C)(CC1)C2=O. The molecule has 62 valence electrons. The van der Waals surface area contributed by atoms with Gasteiger partial charge in [-0.1, -0.05) is 20.3 Å². The summed E-state index contributed by atoms with van der Waals surface area (Å²) in [7, 11) is 0. The molecule has 1 nitrogen and oxygen atoms in total. The second-order valence-corrected chi connectivity index (χ2v) is 4.80. The van der Waals surface area contributed by atoms with Crippen LogP contribution in [-0.4, -0.2) is 5.78 Å². The lowest BCUT2D eigenvalue weighted by atomic mass is 9.70. The molecule has 2 aliphatic carbocycles. The largest absolute Gasteiger partial charge is 0.298 e. The van der Waals surface area contributed by atoms with Gasteiger partial charge in [0.15, 0.2) is 0 Å². The third-order valence-electron chi connectivity index (χ3n) is 3.78. The first-order valence-corrected chi connectivity index (χ1v) is 4.62. The maximum atomic E-state index is 11.8. The van der Waals surface area contributed by atoms with Crippen molar-refractivity contribution in [3.8, 4) is 0 Å². The van der Waals surface area contributed by atoms with Gasteiger partial charge < -0.3 is 0 Å². The monoisotopic (exact) mass is 152 g/mol. The zero-order valence-corrected chi connectivity index (χ0v) is 7.44. The molecule has 0 N–H and O–H groups in total. The molecule has 0 aromatic rings. The van der Waals surface area contributed by atoms with Gasteiger partial charge >= 0.3 is 0 Å². The molecule has 0 amide bonds. The highest BCUT2D eigenvalue weighted by atomic mass is 16.1. The van der Waals surface area contributed by atoms with Crippen molar-refractivity contribution in [3.63, 3.8) is 0 Å². The molecule has 0 aromatic heterocycles. The molecule has 2 fully saturated rings. The van der Waals surface area contributed by atoms with Crippen LogP contribution in [0.2, 0.25) is 0 Å². The van der Waals surface area contributed by atoms with E-state index in [1.165, 1.54) is 6.42 Å². The maximum absolute atomic E-state index is 11.8. The van der Waals surface area contributed by atoms with Crippen molar-refractivity contribution in [1.82, 2.24) is 0 Å². The quantitative estimate of drug-likeness (QED) is 0.521. The molecule has 0 radical (unpaired) electrons. The number of rotatable bonds is 0. The lowest BCUT2D eigenvalue weighted by molar-refractivity contribution is -0.135. The Kier molecular flexibility index (Phi) is 1.25. The Morgan fingerprint density at radius 3 is 1.82 bits per heavy atom. The number of carbonyl (C=O) groups is 1. The van der Waals surface area contributed by atoms with Gasteiger partial charge in [-0.25, -0.2) is 0 Å². The van der Waals surface area contributed by atoms with E-state index < -0.39 is 0 Å². The molecule has 2 atom stereocenters. The van der Waals surface area contributed by atoms with Crippen LogP contribution in [0.25, 0.3) is 0 Å². The summed E-state index contributed by atoms with van der Waals surface area (Å²) in [4.78, 5) is 11.8. The Morgan fingerprint density at radius 1 is 1.00 bits per heavy atom. The molecule has 0 spiro atoms. The van der Waals surface area contributed by atoms with Gasteiger partial charge in [0.1, 0.15) is 5.78 Å². The minimum atomic E-state index is 0.0764. The van der Waals surface area contributed by atoms with E-state index in [1.807, 2.05) is 0 Å². The van der Waals surface area contributed by atoms with Crippen LogP contribution >= 0.6 is 0 Å². The van der Waals surface area contributed by atoms with Gasteiger partial charge in [0.2, 0.25) is 0 Å². The van der Waals surface area contributed by atoms with Crippen molar-refractivity contribution < 1.29 is 4.79 Å². The summed E-state index contributed by atoms with van der Waals surface area (Å²) in [5, 5.41) is 0. The van der Waals surface area contributed by atoms with Crippen molar-refractivity contribution in [2.45, 2.75) is 46.0 Å². The van der Waals surface area contributed by atoms with Gasteiger partial charge in [-0.2, -0.15) is 0 Å². The average molecular weight is 152 g/mol. The summed E-state index contributed by atoms with van der Waals surface area (Å²) >= 11 is 0. The van der Waals surface area contributed by atoms with Crippen LogP contribution in [-0.2, 0) is 4.79 Å². The highest BCUT2D eigenvalue weighted by molar-refractivity contribution is 5.92. The third-order valence-corrected chi connectivity index (χ3v) is 3.78. The van der Waals surface area contributed by atoms with E-state index >= 15 is 0 Å². The lowest BCUT2D eigenvalue weighted by Crippen LogP contribution is -2.35. The van der Waals surface area contributed by atoms with Crippen LogP contribution < -0.4 is 0 Å².